The Hall–Kier alpha value is -2.16. The fraction of sp³-hybridized carbons (Fsp3) is 0.778. The van der Waals surface area contributed by atoms with Crippen LogP contribution in [-0.4, -0.2) is 62.4 Å². The van der Waals surface area contributed by atoms with E-state index in [1.807, 2.05) is 13.8 Å². The highest BCUT2D eigenvalue weighted by Crippen LogP contribution is 2.54. The summed E-state index contributed by atoms with van der Waals surface area (Å²) in [7, 11) is 2.38. The van der Waals surface area contributed by atoms with Gasteiger partial charge in [0, 0.05) is 0 Å². The van der Waals surface area contributed by atoms with E-state index < -0.39 is 46.8 Å². The van der Waals surface area contributed by atoms with Crippen molar-refractivity contribution in [2.45, 2.75) is 50.6 Å². The van der Waals surface area contributed by atoms with Crippen LogP contribution >= 0.6 is 0 Å². The summed E-state index contributed by atoms with van der Waals surface area (Å²) in [6, 6.07) is 0. The van der Waals surface area contributed by atoms with E-state index >= 15 is 0 Å². The summed E-state index contributed by atoms with van der Waals surface area (Å²) in [5.74, 6) is -5.41. The summed E-state index contributed by atoms with van der Waals surface area (Å²) in [5, 5.41) is 2.92. The highest BCUT2D eigenvalue weighted by molar-refractivity contribution is 6.01. The van der Waals surface area contributed by atoms with Crippen LogP contribution in [0, 0.1) is 11.8 Å². The monoisotopic (exact) mass is 385 g/mol. The van der Waals surface area contributed by atoms with E-state index in [1.54, 1.807) is 0 Å². The van der Waals surface area contributed by atoms with Crippen molar-refractivity contribution in [3.8, 4) is 0 Å². The van der Waals surface area contributed by atoms with Crippen LogP contribution in [0.3, 0.4) is 0 Å². The molecule has 0 aromatic carbocycles. The molecule has 0 aromatic heterocycles. The number of nitrogens with one attached hydrogen (secondary N) is 1. The van der Waals surface area contributed by atoms with Gasteiger partial charge in [0.1, 0.15) is 22.9 Å². The molecule has 2 fully saturated rings. The Kier molecular flexibility index (Phi) is 6.46. The quantitative estimate of drug-likeness (QED) is 0.466. The van der Waals surface area contributed by atoms with Gasteiger partial charge in [-0.05, 0) is 25.7 Å². The molecule has 0 amide bonds. The second-order valence-electron chi connectivity index (χ2n) is 6.84. The third-order valence-corrected chi connectivity index (χ3v) is 5.26. The number of fused-ring (bicyclic) bond motifs is 2. The molecule has 152 valence electrons. The Morgan fingerprint density at radius 3 is 1.48 bits per heavy atom. The zero-order valence-corrected chi connectivity index (χ0v) is 16.2. The minimum Gasteiger partial charge on any atom is -0.468 e. The lowest BCUT2D eigenvalue weighted by Gasteiger charge is -2.35. The normalized spacial score (nSPS) is 31.3. The first-order valence-electron chi connectivity index (χ1n) is 9.14. The Morgan fingerprint density at radius 1 is 0.815 bits per heavy atom. The first kappa shape index (κ1) is 21.1. The molecule has 2 rings (SSSR count). The number of hydrogen-bond donors (Lipinski definition) is 1. The van der Waals surface area contributed by atoms with Crippen molar-refractivity contribution in [1.82, 2.24) is 5.32 Å². The van der Waals surface area contributed by atoms with Crippen LogP contribution in [0.4, 0.5) is 0 Å². The molecule has 0 aliphatic carbocycles. The Morgan fingerprint density at radius 2 is 1.19 bits per heavy atom. The molecular formula is C18H27NO8. The van der Waals surface area contributed by atoms with Gasteiger partial charge in [0.15, 0.2) is 0 Å². The number of carbonyl (C=O) groups excluding carboxylic acids is 4. The van der Waals surface area contributed by atoms with Crippen molar-refractivity contribution >= 4 is 23.9 Å². The average molecular weight is 385 g/mol. The lowest BCUT2D eigenvalue weighted by atomic mass is 9.66. The van der Waals surface area contributed by atoms with E-state index in [1.165, 1.54) is 14.2 Å². The highest BCUT2D eigenvalue weighted by atomic mass is 16.6. The number of ether oxygens (including phenoxy) is 4. The SMILES string of the molecule is CCCOC(=O)[C@@H]1[C@H](C(=O)OCCC)[C@@]2(C(=O)OC)CC[C@]1(C(=O)OC)N2. The molecule has 0 aromatic rings. The average Bonchev–Trinajstić information content (AvgIpc) is 3.23. The predicted molar refractivity (Wildman–Crippen MR) is 91.3 cm³/mol. The number of carbonyl (C=O) groups is 4. The fourth-order valence-corrected chi connectivity index (χ4v) is 4.14. The fourth-order valence-electron chi connectivity index (χ4n) is 4.14. The molecule has 4 atom stereocenters. The van der Waals surface area contributed by atoms with Crippen molar-refractivity contribution in [3.63, 3.8) is 0 Å². The maximum atomic E-state index is 12.8. The van der Waals surface area contributed by atoms with Crippen molar-refractivity contribution in [1.29, 1.82) is 0 Å². The number of hydrogen-bond acceptors (Lipinski definition) is 9. The van der Waals surface area contributed by atoms with E-state index in [4.69, 9.17) is 18.9 Å². The second-order valence-corrected chi connectivity index (χ2v) is 6.84. The Balaban J connectivity index is 2.54. The molecule has 0 spiro atoms. The van der Waals surface area contributed by atoms with Gasteiger partial charge in [-0.15, -0.1) is 0 Å². The minimum atomic E-state index is -1.54. The van der Waals surface area contributed by atoms with Gasteiger partial charge in [-0.1, -0.05) is 13.8 Å². The van der Waals surface area contributed by atoms with Crippen molar-refractivity contribution < 1.29 is 38.1 Å². The van der Waals surface area contributed by atoms with Gasteiger partial charge in [-0.25, -0.2) is 0 Å². The van der Waals surface area contributed by atoms with Crippen molar-refractivity contribution in [3.05, 3.63) is 0 Å². The minimum absolute atomic E-state index is 0.133. The summed E-state index contributed by atoms with van der Waals surface area (Å²) in [4.78, 5) is 50.9. The van der Waals surface area contributed by atoms with Crippen LogP contribution in [-0.2, 0) is 38.1 Å². The Bertz CT molecular complexity index is 568. The molecule has 2 saturated heterocycles. The van der Waals surface area contributed by atoms with Crippen LogP contribution in [0.25, 0.3) is 0 Å². The van der Waals surface area contributed by atoms with Crippen LogP contribution in [0.15, 0.2) is 0 Å². The summed E-state index contributed by atoms with van der Waals surface area (Å²) >= 11 is 0. The molecule has 1 N–H and O–H groups in total. The molecule has 2 aliphatic heterocycles. The summed E-state index contributed by atoms with van der Waals surface area (Å²) in [6.07, 6.45) is 1.42. The number of rotatable bonds is 8. The zero-order chi connectivity index (χ0) is 20.2. The van der Waals surface area contributed by atoms with Gasteiger partial charge < -0.3 is 18.9 Å². The molecule has 2 aliphatic rings. The molecule has 0 saturated carbocycles. The van der Waals surface area contributed by atoms with Crippen LogP contribution in [0.1, 0.15) is 39.5 Å². The van der Waals surface area contributed by atoms with Crippen molar-refractivity contribution in [2.75, 3.05) is 27.4 Å². The summed E-state index contributed by atoms with van der Waals surface area (Å²) in [6.45, 7) is 3.92. The maximum Gasteiger partial charge on any atom is 0.327 e. The van der Waals surface area contributed by atoms with Crippen LogP contribution < -0.4 is 5.32 Å². The van der Waals surface area contributed by atoms with Crippen LogP contribution in [0.2, 0.25) is 0 Å². The van der Waals surface area contributed by atoms with Crippen LogP contribution in [0.5, 0.6) is 0 Å². The first-order chi connectivity index (χ1) is 12.8. The van der Waals surface area contributed by atoms with Gasteiger partial charge >= 0.3 is 23.9 Å². The predicted octanol–water partition coefficient (Wildman–Crippen LogP) is 0.346. The van der Waals surface area contributed by atoms with Gasteiger partial charge in [-0.3, -0.25) is 24.5 Å². The molecule has 0 unspecified atom stereocenters. The Labute approximate surface area is 158 Å². The molecule has 2 bridgehead atoms. The van der Waals surface area contributed by atoms with E-state index in [0.29, 0.717) is 12.8 Å². The summed E-state index contributed by atoms with van der Waals surface area (Å²) < 4.78 is 20.3. The van der Waals surface area contributed by atoms with E-state index in [9.17, 15) is 19.2 Å². The maximum absolute atomic E-state index is 12.8. The van der Waals surface area contributed by atoms with Gasteiger partial charge in [-0.2, -0.15) is 0 Å². The lowest BCUT2D eigenvalue weighted by molar-refractivity contribution is -0.172. The van der Waals surface area contributed by atoms with Crippen molar-refractivity contribution in [2.24, 2.45) is 11.8 Å². The molecule has 9 heteroatoms. The van der Waals surface area contributed by atoms with E-state index in [0.717, 1.165) is 0 Å². The van der Waals surface area contributed by atoms with Gasteiger partial charge in [0.25, 0.3) is 0 Å². The lowest BCUT2D eigenvalue weighted by Crippen LogP contribution is -2.54. The number of esters is 4. The highest BCUT2D eigenvalue weighted by Gasteiger charge is 2.77. The van der Waals surface area contributed by atoms with E-state index in [-0.39, 0.29) is 26.1 Å². The second kappa shape index (κ2) is 8.24. The first-order valence-corrected chi connectivity index (χ1v) is 9.14. The topological polar surface area (TPSA) is 117 Å². The zero-order valence-electron chi connectivity index (χ0n) is 16.2. The van der Waals surface area contributed by atoms with E-state index in [2.05, 4.69) is 5.32 Å². The van der Waals surface area contributed by atoms with Gasteiger partial charge in [0.2, 0.25) is 0 Å². The summed E-state index contributed by atoms with van der Waals surface area (Å²) in [5.41, 5.74) is -3.08. The molecule has 27 heavy (non-hydrogen) atoms. The molecule has 9 nitrogen and oxygen atoms in total. The smallest absolute Gasteiger partial charge is 0.327 e. The molecule has 0 radical (unpaired) electrons. The third kappa shape index (κ3) is 3.28. The standard InChI is InChI=1S/C18H27NO8/c1-5-9-26-13(20)11-12(14(21)27-10-6-2)18(16(23)25-4)8-7-17(11,19-18)15(22)24-3/h11-12,19H,5-10H2,1-4H3/t11-,12+,17-,18+. The van der Waals surface area contributed by atoms with Gasteiger partial charge in [0.05, 0.1) is 27.4 Å². The number of methoxy groups -OCH3 is 2. The largest absolute Gasteiger partial charge is 0.468 e. The molecular weight excluding hydrogens is 358 g/mol. The third-order valence-electron chi connectivity index (χ3n) is 5.26. The molecule has 2 heterocycles.